The molecular weight excluding hydrogens is 510 g/mol. The van der Waals surface area contributed by atoms with Gasteiger partial charge in [0.15, 0.2) is 23.1 Å². The summed E-state index contributed by atoms with van der Waals surface area (Å²) >= 11 is 0. The zero-order valence-electron chi connectivity index (χ0n) is 20.1. The molecule has 0 aliphatic heterocycles. The highest BCUT2D eigenvalue weighted by Crippen LogP contribution is 2.47. The Bertz CT molecular complexity index is 1280. The Hall–Kier alpha value is -3.25. The van der Waals surface area contributed by atoms with Crippen molar-refractivity contribution in [3.63, 3.8) is 0 Å². The van der Waals surface area contributed by atoms with Crippen molar-refractivity contribution < 1.29 is 41.4 Å². The van der Waals surface area contributed by atoms with Gasteiger partial charge in [-0.25, -0.2) is 17.2 Å². The van der Waals surface area contributed by atoms with Crippen LogP contribution in [0.1, 0.15) is 32.1 Å². The summed E-state index contributed by atoms with van der Waals surface area (Å²) in [5.41, 5.74) is -1.50. The molecule has 3 aliphatic rings. The molecule has 2 aromatic rings. The number of carbonyl (C=O) groups excluding carboxylic acids is 2. The maximum atomic E-state index is 13.8. The van der Waals surface area contributed by atoms with Crippen LogP contribution in [0.4, 0.5) is 8.78 Å². The van der Waals surface area contributed by atoms with Crippen molar-refractivity contribution in [1.82, 2.24) is 10.6 Å². The molecule has 0 spiro atoms. The Morgan fingerprint density at radius 2 is 1.51 bits per heavy atom. The van der Waals surface area contributed by atoms with E-state index in [1.807, 2.05) is 0 Å². The lowest BCUT2D eigenvalue weighted by Crippen LogP contribution is -2.70. The number of rotatable bonds is 9. The van der Waals surface area contributed by atoms with E-state index in [4.69, 9.17) is 9.47 Å². The lowest BCUT2D eigenvalue weighted by atomic mass is 9.60. The second-order valence-electron chi connectivity index (χ2n) is 9.65. The van der Waals surface area contributed by atoms with Crippen LogP contribution in [0.25, 0.3) is 0 Å². The molecule has 3 N–H and O–H groups in total. The molecule has 2 bridgehead atoms. The van der Waals surface area contributed by atoms with Crippen LogP contribution in [0.3, 0.4) is 0 Å². The molecule has 12 heteroatoms. The second kappa shape index (κ2) is 10.3. The third kappa shape index (κ3) is 6.19. The van der Waals surface area contributed by atoms with Gasteiger partial charge in [0.25, 0.3) is 11.8 Å². The summed E-state index contributed by atoms with van der Waals surface area (Å²) in [4.78, 5) is 24.6. The van der Waals surface area contributed by atoms with Gasteiger partial charge in [-0.3, -0.25) is 9.59 Å². The Morgan fingerprint density at radius 1 is 0.946 bits per heavy atom. The first kappa shape index (κ1) is 26.8. The van der Waals surface area contributed by atoms with E-state index in [0.717, 1.165) is 18.4 Å². The number of nitrogens with one attached hydrogen (secondary N) is 2. The maximum absolute atomic E-state index is 13.8. The predicted octanol–water partition coefficient (Wildman–Crippen LogP) is 1.87. The van der Waals surface area contributed by atoms with Crippen LogP contribution in [0, 0.1) is 11.6 Å². The Kier molecular flexibility index (Phi) is 7.43. The van der Waals surface area contributed by atoms with Crippen LogP contribution in [-0.4, -0.2) is 62.0 Å². The average Bonchev–Trinajstić information content (AvgIpc) is 2.83. The van der Waals surface area contributed by atoms with Gasteiger partial charge >= 0.3 is 0 Å². The predicted molar refractivity (Wildman–Crippen MR) is 128 cm³/mol. The fourth-order valence-electron chi connectivity index (χ4n) is 4.99. The number of carbonyl (C=O) groups is 2. The summed E-state index contributed by atoms with van der Waals surface area (Å²) in [7, 11) is -3.80. The summed E-state index contributed by atoms with van der Waals surface area (Å²) in [6.45, 7) is -0.709. The van der Waals surface area contributed by atoms with Gasteiger partial charge in [-0.15, -0.1) is 0 Å². The van der Waals surface area contributed by atoms with Crippen molar-refractivity contribution in [1.29, 1.82) is 0 Å². The zero-order chi connectivity index (χ0) is 26.8. The summed E-state index contributed by atoms with van der Waals surface area (Å²) in [5.74, 6) is -1.83. The normalized spacial score (nSPS) is 24.8. The summed E-state index contributed by atoms with van der Waals surface area (Å²) in [6.07, 6.45) is 2.11. The number of hydrogen-bond donors (Lipinski definition) is 3. The molecule has 3 saturated carbocycles. The lowest BCUT2D eigenvalue weighted by Gasteiger charge is -2.56. The van der Waals surface area contributed by atoms with Crippen LogP contribution < -0.4 is 20.1 Å². The highest BCUT2D eigenvalue weighted by Gasteiger charge is 2.55. The molecule has 0 aromatic heterocycles. The van der Waals surface area contributed by atoms with E-state index < -0.39 is 62.0 Å². The second-order valence-corrected chi connectivity index (χ2v) is 11.6. The molecule has 200 valence electrons. The van der Waals surface area contributed by atoms with E-state index in [9.17, 15) is 31.9 Å². The van der Waals surface area contributed by atoms with Gasteiger partial charge in [0.05, 0.1) is 11.6 Å². The number of halogens is 2. The highest BCUT2D eigenvalue weighted by atomic mass is 32.2. The first-order valence-electron chi connectivity index (χ1n) is 11.7. The molecule has 2 aromatic carbocycles. The van der Waals surface area contributed by atoms with Gasteiger partial charge in [0, 0.05) is 17.9 Å². The van der Waals surface area contributed by atoms with E-state index in [1.165, 1.54) is 30.3 Å². The number of amides is 2. The van der Waals surface area contributed by atoms with Crippen LogP contribution in [-0.2, 0) is 19.4 Å². The van der Waals surface area contributed by atoms with Gasteiger partial charge in [0.1, 0.15) is 28.0 Å². The SMILES string of the molecule is CS(=O)(=O)c1cc(OCC(=O)NC23CCC(NC(=O)COc4ccc(F)cc4)(CC2)[C@H](O)C3)ccc1F. The van der Waals surface area contributed by atoms with Gasteiger partial charge in [-0.05, 0) is 68.5 Å². The van der Waals surface area contributed by atoms with E-state index in [-0.39, 0.29) is 18.8 Å². The first-order valence-corrected chi connectivity index (χ1v) is 13.6. The number of aliphatic hydroxyl groups excluding tert-OH is 1. The van der Waals surface area contributed by atoms with Crippen molar-refractivity contribution in [3.05, 3.63) is 54.1 Å². The number of sulfone groups is 1. The molecule has 0 radical (unpaired) electrons. The fraction of sp³-hybridized carbons (Fsp3) is 0.440. The minimum absolute atomic E-state index is 0.0337. The van der Waals surface area contributed by atoms with Gasteiger partial charge in [-0.1, -0.05) is 0 Å². The molecular formula is C25H28F2N2O7S. The number of hydrogen-bond acceptors (Lipinski definition) is 7. The molecule has 9 nitrogen and oxygen atoms in total. The Morgan fingerprint density at radius 3 is 2.11 bits per heavy atom. The topological polar surface area (TPSA) is 131 Å². The molecule has 3 aliphatic carbocycles. The van der Waals surface area contributed by atoms with Gasteiger partial charge in [0.2, 0.25) is 0 Å². The van der Waals surface area contributed by atoms with E-state index in [2.05, 4.69) is 10.6 Å². The molecule has 37 heavy (non-hydrogen) atoms. The molecule has 5 rings (SSSR count). The minimum atomic E-state index is -3.80. The van der Waals surface area contributed by atoms with E-state index in [1.54, 1.807) is 0 Å². The lowest BCUT2D eigenvalue weighted by molar-refractivity contribution is -0.137. The fourth-order valence-corrected chi connectivity index (χ4v) is 5.75. The van der Waals surface area contributed by atoms with Crippen molar-refractivity contribution >= 4 is 21.7 Å². The summed E-state index contributed by atoms with van der Waals surface area (Å²) < 4.78 is 60.9. The van der Waals surface area contributed by atoms with Crippen LogP contribution in [0.2, 0.25) is 0 Å². The Labute approximate surface area is 213 Å². The molecule has 1 atom stereocenters. The molecule has 0 heterocycles. The van der Waals surface area contributed by atoms with Crippen LogP contribution >= 0.6 is 0 Å². The number of fused-ring (bicyclic) bond motifs is 3. The number of ether oxygens (including phenoxy) is 2. The van der Waals surface area contributed by atoms with E-state index in [0.29, 0.717) is 31.4 Å². The largest absolute Gasteiger partial charge is 0.484 e. The monoisotopic (exact) mass is 538 g/mol. The minimum Gasteiger partial charge on any atom is -0.484 e. The third-order valence-corrected chi connectivity index (χ3v) is 8.08. The smallest absolute Gasteiger partial charge is 0.258 e. The maximum Gasteiger partial charge on any atom is 0.258 e. The van der Waals surface area contributed by atoms with Gasteiger partial charge in [-0.2, -0.15) is 0 Å². The number of aliphatic hydroxyl groups is 1. The standard InChI is InChI=1S/C25H28F2N2O7S/c1-37(33,34)20-12-18(6-7-19(20)27)36-14-22(31)28-24-8-10-25(11-9-24,21(30)13-24)29-23(32)15-35-17-4-2-16(26)3-5-17/h2-7,12,21,30H,8-11,13-15H2,1H3,(H,28,31)(H,29,32)/t21-,24?,25?/m1/s1. The van der Waals surface area contributed by atoms with Crippen LogP contribution in [0.15, 0.2) is 47.4 Å². The Balaban J connectivity index is 1.29. The van der Waals surface area contributed by atoms with Crippen molar-refractivity contribution in [2.24, 2.45) is 0 Å². The number of benzene rings is 2. The molecule has 2 amide bonds. The molecule has 0 unspecified atom stereocenters. The van der Waals surface area contributed by atoms with Gasteiger partial charge < -0.3 is 25.2 Å². The molecule has 0 saturated heterocycles. The van der Waals surface area contributed by atoms with Crippen molar-refractivity contribution in [2.45, 2.75) is 54.2 Å². The summed E-state index contributed by atoms with van der Waals surface area (Å²) in [5, 5.41) is 16.7. The van der Waals surface area contributed by atoms with E-state index >= 15 is 0 Å². The van der Waals surface area contributed by atoms with Crippen LogP contribution in [0.5, 0.6) is 11.5 Å². The highest BCUT2D eigenvalue weighted by molar-refractivity contribution is 7.90. The van der Waals surface area contributed by atoms with Crippen molar-refractivity contribution in [3.8, 4) is 11.5 Å². The molecule has 3 fully saturated rings. The summed E-state index contributed by atoms with van der Waals surface area (Å²) in [6, 6.07) is 8.50. The average molecular weight is 539 g/mol. The van der Waals surface area contributed by atoms with Crippen molar-refractivity contribution in [2.75, 3.05) is 19.5 Å². The quantitative estimate of drug-likeness (QED) is 0.444. The third-order valence-electron chi connectivity index (χ3n) is 6.97. The first-order chi connectivity index (χ1) is 17.4. The zero-order valence-corrected chi connectivity index (χ0v) is 20.9.